The number of anilines is 1. The van der Waals surface area contributed by atoms with Gasteiger partial charge >= 0.3 is 0 Å². The maximum atomic E-state index is 5.69. The van der Waals surface area contributed by atoms with Crippen molar-refractivity contribution in [2.75, 3.05) is 12.8 Å². The smallest absolute Gasteiger partial charge is 0.160 e. The Hall–Kier alpha value is -1.71. The number of fused-ring (bicyclic) bond motifs is 1. The lowest BCUT2D eigenvalue weighted by Crippen LogP contribution is -1.95. The van der Waals surface area contributed by atoms with Crippen LogP contribution < -0.4 is 10.5 Å². The maximum absolute atomic E-state index is 5.69. The number of nitrogens with zero attached hydrogens (tertiary/aromatic N) is 2. The fourth-order valence-corrected chi connectivity index (χ4v) is 1.13. The first-order chi connectivity index (χ1) is 5.81. The van der Waals surface area contributed by atoms with Crippen LogP contribution in [0.25, 0.3) is 5.52 Å². The van der Waals surface area contributed by atoms with Gasteiger partial charge in [0, 0.05) is 6.20 Å². The minimum atomic E-state index is 0.630. The summed E-state index contributed by atoms with van der Waals surface area (Å²) in [6, 6.07) is 3.71. The van der Waals surface area contributed by atoms with Crippen LogP contribution in [0.5, 0.6) is 5.75 Å². The Balaban J connectivity index is 2.73. The van der Waals surface area contributed by atoms with E-state index in [1.165, 1.54) is 0 Å². The van der Waals surface area contributed by atoms with Gasteiger partial charge < -0.3 is 10.5 Å². The van der Waals surface area contributed by atoms with Crippen molar-refractivity contribution >= 4 is 11.2 Å². The third-order valence-electron chi connectivity index (χ3n) is 1.75. The number of ether oxygens (including phenoxy) is 1. The van der Waals surface area contributed by atoms with E-state index in [2.05, 4.69) is 5.10 Å². The average Bonchev–Trinajstić information content (AvgIpc) is 2.49. The van der Waals surface area contributed by atoms with Crippen LogP contribution in [-0.4, -0.2) is 16.7 Å². The molecule has 2 aromatic rings. The van der Waals surface area contributed by atoms with Crippen molar-refractivity contribution in [3.63, 3.8) is 0 Å². The highest BCUT2D eigenvalue weighted by atomic mass is 16.5. The van der Waals surface area contributed by atoms with E-state index in [0.29, 0.717) is 11.4 Å². The van der Waals surface area contributed by atoms with Gasteiger partial charge in [-0.25, -0.2) is 4.52 Å². The zero-order chi connectivity index (χ0) is 8.55. The number of hydrogen-bond acceptors (Lipinski definition) is 3. The monoisotopic (exact) mass is 163 g/mol. The zero-order valence-corrected chi connectivity index (χ0v) is 6.69. The highest BCUT2D eigenvalue weighted by molar-refractivity contribution is 5.62. The molecule has 0 amide bonds. The second kappa shape index (κ2) is 2.41. The molecule has 2 aromatic heterocycles. The highest BCUT2D eigenvalue weighted by Crippen LogP contribution is 2.21. The van der Waals surface area contributed by atoms with Gasteiger partial charge in [0.1, 0.15) is 0 Å². The van der Waals surface area contributed by atoms with Crippen molar-refractivity contribution in [1.29, 1.82) is 0 Å². The van der Waals surface area contributed by atoms with Gasteiger partial charge in [0.15, 0.2) is 5.75 Å². The Kier molecular flexibility index (Phi) is 1.40. The van der Waals surface area contributed by atoms with Gasteiger partial charge in [0.05, 0.1) is 24.5 Å². The summed E-state index contributed by atoms with van der Waals surface area (Å²) in [6.45, 7) is 0. The number of pyridine rings is 1. The SMILES string of the molecule is COc1cn2nccc2cc1N. The topological polar surface area (TPSA) is 52.5 Å². The lowest BCUT2D eigenvalue weighted by Gasteiger charge is -2.03. The molecule has 0 radical (unpaired) electrons. The second-order valence-corrected chi connectivity index (χ2v) is 2.50. The second-order valence-electron chi connectivity index (χ2n) is 2.50. The van der Waals surface area contributed by atoms with Gasteiger partial charge in [-0.1, -0.05) is 0 Å². The summed E-state index contributed by atoms with van der Waals surface area (Å²) in [6.07, 6.45) is 3.47. The molecule has 0 spiro atoms. The van der Waals surface area contributed by atoms with Crippen LogP contribution in [0.4, 0.5) is 5.69 Å². The summed E-state index contributed by atoms with van der Waals surface area (Å²) in [5.41, 5.74) is 7.29. The van der Waals surface area contributed by atoms with Crippen LogP contribution in [-0.2, 0) is 0 Å². The highest BCUT2D eigenvalue weighted by Gasteiger charge is 2.01. The molecule has 2 N–H and O–H groups in total. The number of rotatable bonds is 1. The van der Waals surface area contributed by atoms with E-state index in [1.807, 2.05) is 12.1 Å². The van der Waals surface area contributed by atoms with Crippen LogP contribution in [0.1, 0.15) is 0 Å². The number of aromatic nitrogens is 2. The number of methoxy groups -OCH3 is 1. The molecule has 4 heteroatoms. The molecule has 0 aromatic carbocycles. The molecule has 4 nitrogen and oxygen atoms in total. The quantitative estimate of drug-likeness (QED) is 0.680. The van der Waals surface area contributed by atoms with E-state index >= 15 is 0 Å². The van der Waals surface area contributed by atoms with Gasteiger partial charge in [0.2, 0.25) is 0 Å². The van der Waals surface area contributed by atoms with Crippen LogP contribution in [0, 0.1) is 0 Å². The van der Waals surface area contributed by atoms with E-state index in [-0.39, 0.29) is 0 Å². The minimum Gasteiger partial charge on any atom is -0.493 e. The summed E-state index contributed by atoms with van der Waals surface area (Å²) in [5.74, 6) is 0.645. The summed E-state index contributed by atoms with van der Waals surface area (Å²) >= 11 is 0. The van der Waals surface area contributed by atoms with Crippen LogP contribution in [0.15, 0.2) is 24.5 Å². The Morgan fingerprint density at radius 1 is 1.58 bits per heavy atom. The van der Waals surface area contributed by atoms with Crippen molar-refractivity contribution in [2.24, 2.45) is 0 Å². The molecule has 0 saturated heterocycles. The molecule has 0 aliphatic rings. The van der Waals surface area contributed by atoms with Crippen LogP contribution in [0.2, 0.25) is 0 Å². The molecule has 2 rings (SSSR count). The first-order valence-corrected chi connectivity index (χ1v) is 3.58. The van der Waals surface area contributed by atoms with Crippen molar-refractivity contribution in [3.05, 3.63) is 24.5 Å². The number of hydrogen-bond donors (Lipinski definition) is 1. The van der Waals surface area contributed by atoms with E-state index in [4.69, 9.17) is 10.5 Å². The van der Waals surface area contributed by atoms with Crippen molar-refractivity contribution < 1.29 is 4.74 Å². The lowest BCUT2D eigenvalue weighted by atomic mass is 10.3. The molecule has 0 unspecified atom stereocenters. The number of nitrogens with two attached hydrogens (primary N) is 1. The molecule has 0 saturated carbocycles. The van der Waals surface area contributed by atoms with E-state index < -0.39 is 0 Å². The fraction of sp³-hybridized carbons (Fsp3) is 0.125. The van der Waals surface area contributed by atoms with Crippen LogP contribution in [0.3, 0.4) is 0 Å². The van der Waals surface area contributed by atoms with Gasteiger partial charge in [-0.15, -0.1) is 0 Å². The van der Waals surface area contributed by atoms with Crippen molar-refractivity contribution in [1.82, 2.24) is 9.61 Å². The largest absolute Gasteiger partial charge is 0.493 e. The van der Waals surface area contributed by atoms with Crippen molar-refractivity contribution in [2.45, 2.75) is 0 Å². The van der Waals surface area contributed by atoms with Gasteiger partial charge in [0.25, 0.3) is 0 Å². The average molecular weight is 163 g/mol. The third-order valence-corrected chi connectivity index (χ3v) is 1.75. The summed E-state index contributed by atoms with van der Waals surface area (Å²) in [7, 11) is 1.58. The first-order valence-electron chi connectivity index (χ1n) is 3.58. The molecule has 0 bridgehead atoms. The van der Waals surface area contributed by atoms with E-state index in [1.54, 1.807) is 24.0 Å². The Morgan fingerprint density at radius 3 is 3.17 bits per heavy atom. The maximum Gasteiger partial charge on any atom is 0.160 e. The van der Waals surface area contributed by atoms with Crippen molar-refractivity contribution in [3.8, 4) is 5.75 Å². The molecular weight excluding hydrogens is 154 g/mol. The minimum absolute atomic E-state index is 0.630. The fourth-order valence-electron chi connectivity index (χ4n) is 1.13. The normalized spacial score (nSPS) is 10.4. The molecule has 0 aliphatic carbocycles. The third kappa shape index (κ3) is 0.887. The zero-order valence-electron chi connectivity index (χ0n) is 6.69. The summed E-state index contributed by atoms with van der Waals surface area (Å²) < 4.78 is 6.75. The standard InChI is InChI=1S/C8H9N3O/c1-12-8-5-11-6(2-3-10-11)4-7(8)9/h2-5H,9H2,1H3. The van der Waals surface area contributed by atoms with Crippen LogP contribution >= 0.6 is 0 Å². The van der Waals surface area contributed by atoms with E-state index in [9.17, 15) is 0 Å². The molecular formula is C8H9N3O. The summed E-state index contributed by atoms with van der Waals surface area (Å²) in [4.78, 5) is 0. The van der Waals surface area contributed by atoms with Gasteiger partial charge in [-0.3, -0.25) is 0 Å². The lowest BCUT2D eigenvalue weighted by molar-refractivity contribution is 0.414. The molecule has 0 aliphatic heterocycles. The summed E-state index contributed by atoms with van der Waals surface area (Å²) in [5, 5.41) is 4.05. The Labute approximate surface area is 69.6 Å². The predicted molar refractivity (Wildman–Crippen MR) is 46.2 cm³/mol. The Bertz CT molecular complexity index is 408. The predicted octanol–water partition coefficient (Wildman–Crippen LogP) is 0.925. The van der Waals surface area contributed by atoms with Gasteiger partial charge in [-0.05, 0) is 12.1 Å². The first kappa shape index (κ1) is 6.97. The number of nitrogen functional groups attached to an aromatic ring is 1. The molecule has 62 valence electrons. The molecule has 0 atom stereocenters. The Morgan fingerprint density at radius 2 is 2.42 bits per heavy atom. The molecule has 2 heterocycles. The molecule has 0 fully saturated rings. The van der Waals surface area contributed by atoms with E-state index in [0.717, 1.165) is 5.52 Å². The molecule has 12 heavy (non-hydrogen) atoms. The van der Waals surface area contributed by atoms with Gasteiger partial charge in [-0.2, -0.15) is 5.10 Å².